The van der Waals surface area contributed by atoms with Gasteiger partial charge in [-0.3, -0.25) is 0 Å². The summed E-state index contributed by atoms with van der Waals surface area (Å²) in [6, 6.07) is 12.6. The molecule has 182 valence electrons. The Kier molecular flexibility index (Phi) is 10.6. The number of hydrogen-bond acceptors (Lipinski definition) is 2. The highest BCUT2D eigenvalue weighted by Gasteiger charge is 2.22. The van der Waals surface area contributed by atoms with Crippen LogP contribution in [0.25, 0.3) is 0 Å². The molecule has 0 aromatic heterocycles. The van der Waals surface area contributed by atoms with Crippen LogP contribution in [-0.2, 0) is 0 Å². The molecule has 4 rings (SSSR count). The van der Waals surface area contributed by atoms with E-state index in [2.05, 4.69) is 61.8 Å². The summed E-state index contributed by atoms with van der Waals surface area (Å²) in [6.07, 6.45) is 6.37. The maximum atomic E-state index is 6.20. The molecular weight excluding hydrogens is 447 g/mol. The third-order valence-corrected chi connectivity index (χ3v) is 8.48. The lowest BCUT2D eigenvalue weighted by molar-refractivity contribution is 0.212. The highest BCUT2D eigenvalue weighted by Crippen LogP contribution is 2.33. The summed E-state index contributed by atoms with van der Waals surface area (Å²) in [6.45, 7) is 16.2. The predicted octanol–water partition coefficient (Wildman–Crippen LogP) is 8.09. The maximum absolute atomic E-state index is 6.20. The molecule has 2 saturated heterocycles. The zero-order valence-corrected chi connectivity index (χ0v) is 22.6. The largest absolute Gasteiger partial charge is 0.304 e. The highest BCUT2D eigenvalue weighted by atomic mass is 35.5. The number of benzene rings is 2. The second-order valence-corrected chi connectivity index (χ2v) is 10.5. The third-order valence-electron chi connectivity index (χ3n) is 7.66. The van der Waals surface area contributed by atoms with Crippen molar-refractivity contribution in [3.8, 4) is 0 Å². The number of rotatable bonds is 5. The molecule has 0 bridgehead atoms. The van der Waals surface area contributed by atoms with E-state index >= 15 is 0 Å². The summed E-state index contributed by atoms with van der Waals surface area (Å²) in [5, 5.41) is 1.83. The molecule has 0 aliphatic carbocycles. The summed E-state index contributed by atoms with van der Waals surface area (Å²) < 4.78 is 0. The third kappa shape index (κ3) is 7.21. The molecule has 2 aliphatic rings. The minimum atomic E-state index is 0.710. The fourth-order valence-electron chi connectivity index (χ4n) is 5.48. The summed E-state index contributed by atoms with van der Waals surface area (Å²) in [5.74, 6) is 1.42. The molecule has 0 unspecified atom stereocenters. The molecule has 2 aliphatic heterocycles. The Hall–Kier alpha value is -1.06. The van der Waals surface area contributed by atoms with Crippen LogP contribution in [0.5, 0.6) is 0 Å². The Balaban J connectivity index is 0.000000186. The molecule has 2 nitrogen and oxygen atoms in total. The Morgan fingerprint density at radius 1 is 0.697 bits per heavy atom. The van der Waals surface area contributed by atoms with Crippen LogP contribution in [-0.4, -0.2) is 49.1 Å². The van der Waals surface area contributed by atoms with Crippen LogP contribution >= 0.6 is 23.2 Å². The Labute approximate surface area is 212 Å². The SMILES string of the molecule is CCCN1CCC(c2cccc(Cl)c2C)CC1.CCN1CCC(c2cccc(Cl)c2C)CC1. The zero-order chi connectivity index (χ0) is 23.8. The number of halogens is 2. The Bertz CT molecular complexity index is 866. The van der Waals surface area contributed by atoms with E-state index in [0.29, 0.717) is 11.8 Å². The van der Waals surface area contributed by atoms with E-state index in [9.17, 15) is 0 Å². The lowest BCUT2D eigenvalue weighted by Crippen LogP contribution is -2.33. The molecule has 33 heavy (non-hydrogen) atoms. The summed E-state index contributed by atoms with van der Waals surface area (Å²) in [4.78, 5) is 5.10. The smallest absolute Gasteiger partial charge is 0.0438 e. The van der Waals surface area contributed by atoms with E-state index in [-0.39, 0.29) is 0 Å². The van der Waals surface area contributed by atoms with Crippen molar-refractivity contribution in [2.45, 2.75) is 71.6 Å². The predicted molar refractivity (Wildman–Crippen MR) is 145 cm³/mol. The number of likely N-dealkylation sites (tertiary alicyclic amines) is 2. The monoisotopic (exact) mass is 488 g/mol. The van der Waals surface area contributed by atoms with Crippen molar-refractivity contribution in [3.63, 3.8) is 0 Å². The van der Waals surface area contributed by atoms with Crippen LogP contribution in [0.3, 0.4) is 0 Å². The molecule has 0 amide bonds. The molecule has 0 N–H and O–H groups in total. The lowest BCUT2D eigenvalue weighted by atomic mass is 9.87. The second kappa shape index (κ2) is 13.1. The van der Waals surface area contributed by atoms with E-state index in [1.165, 1.54) is 93.6 Å². The fraction of sp³-hybridized carbons (Fsp3) is 0.586. The summed E-state index contributed by atoms with van der Waals surface area (Å²) in [7, 11) is 0. The van der Waals surface area contributed by atoms with Crippen LogP contribution < -0.4 is 0 Å². The second-order valence-electron chi connectivity index (χ2n) is 9.73. The Morgan fingerprint density at radius 2 is 1.12 bits per heavy atom. The minimum absolute atomic E-state index is 0.710. The summed E-state index contributed by atoms with van der Waals surface area (Å²) in [5.41, 5.74) is 5.49. The van der Waals surface area contributed by atoms with Gasteiger partial charge in [-0.1, -0.05) is 61.3 Å². The molecule has 2 heterocycles. The van der Waals surface area contributed by atoms with E-state index in [4.69, 9.17) is 23.2 Å². The average Bonchev–Trinajstić information content (AvgIpc) is 2.84. The van der Waals surface area contributed by atoms with Crippen LogP contribution in [0.4, 0.5) is 0 Å². The molecule has 2 aromatic carbocycles. The maximum Gasteiger partial charge on any atom is 0.0438 e. The van der Waals surface area contributed by atoms with E-state index in [1.807, 2.05) is 12.1 Å². The first-order valence-electron chi connectivity index (χ1n) is 12.9. The van der Waals surface area contributed by atoms with Crippen LogP contribution in [0.1, 0.15) is 80.0 Å². The summed E-state index contributed by atoms with van der Waals surface area (Å²) >= 11 is 12.4. The van der Waals surface area contributed by atoms with E-state index in [0.717, 1.165) is 10.0 Å². The van der Waals surface area contributed by atoms with Gasteiger partial charge in [0.1, 0.15) is 0 Å². The van der Waals surface area contributed by atoms with E-state index < -0.39 is 0 Å². The van der Waals surface area contributed by atoms with Gasteiger partial charge >= 0.3 is 0 Å². The fourth-order valence-corrected chi connectivity index (χ4v) is 5.84. The van der Waals surface area contributed by atoms with Crippen molar-refractivity contribution in [3.05, 3.63) is 68.7 Å². The molecule has 0 saturated carbocycles. The molecule has 0 spiro atoms. The van der Waals surface area contributed by atoms with Gasteiger partial charge in [-0.25, -0.2) is 0 Å². The molecule has 4 heteroatoms. The van der Waals surface area contributed by atoms with Crippen LogP contribution in [0.15, 0.2) is 36.4 Å². The van der Waals surface area contributed by atoms with Crippen molar-refractivity contribution in [2.75, 3.05) is 39.3 Å². The molecule has 0 radical (unpaired) electrons. The lowest BCUT2D eigenvalue weighted by Gasteiger charge is -2.32. The zero-order valence-electron chi connectivity index (χ0n) is 21.0. The number of nitrogens with zero attached hydrogens (tertiary/aromatic N) is 2. The quantitative estimate of drug-likeness (QED) is 0.419. The van der Waals surface area contributed by atoms with Crippen LogP contribution in [0.2, 0.25) is 10.0 Å². The van der Waals surface area contributed by atoms with Crippen molar-refractivity contribution in [1.82, 2.24) is 9.80 Å². The normalized spacial score (nSPS) is 18.7. The van der Waals surface area contributed by atoms with E-state index in [1.54, 1.807) is 0 Å². The van der Waals surface area contributed by atoms with Gasteiger partial charge in [0.05, 0.1) is 0 Å². The van der Waals surface area contributed by atoms with Crippen molar-refractivity contribution < 1.29 is 0 Å². The minimum Gasteiger partial charge on any atom is -0.304 e. The number of hydrogen-bond donors (Lipinski definition) is 0. The molecule has 2 fully saturated rings. The van der Waals surface area contributed by atoms with Gasteiger partial charge in [0, 0.05) is 10.0 Å². The van der Waals surface area contributed by atoms with Crippen molar-refractivity contribution in [2.24, 2.45) is 0 Å². The average molecular weight is 490 g/mol. The van der Waals surface area contributed by atoms with Gasteiger partial charge in [0.2, 0.25) is 0 Å². The first-order valence-corrected chi connectivity index (χ1v) is 13.6. The van der Waals surface area contributed by atoms with Gasteiger partial charge in [0.25, 0.3) is 0 Å². The highest BCUT2D eigenvalue weighted by molar-refractivity contribution is 6.31. The van der Waals surface area contributed by atoms with Gasteiger partial charge in [0.15, 0.2) is 0 Å². The topological polar surface area (TPSA) is 6.48 Å². The van der Waals surface area contributed by atoms with Crippen LogP contribution in [0, 0.1) is 13.8 Å². The first kappa shape index (κ1) is 26.5. The molecule has 2 aromatic rings. The van der Waals surface area contributed by atoms with Gasteiger partial charge in [-0.05, 0) is 131 Å². The van der Waals surface area contributed by atoms with Crippen molar-refractivity contribution in [1.29, 1.82) is 0 Å². The van der Waals surface area contributed by atoms with Gasteiger partial charge in [-0.15, -0.1) is 0 Å². The van der Waals surface area contributed by atoms with Gasteiger partial charge in [-0.2, -0.15) is 0 Å². The standard InChI is InChI=1S/C15H22ClN.C14H20ClN/c1-3-9-17-10-7-13(8-11-17)14-5-4-6-15(16)12(14)2;1-3-16-9-7-12(8-10-16)13-5-4-6-14(15)11(13)2/h4-6,13H,3,7-11H2,1-2H3;4-6,12H,3,7-10H2,1-2H3. The van der Waals surface area contributed by atoms with Gasteiger partial charge < -0.3 is 9.80 Å². The molecule has 0 atom stereocenters. The Morgan fingerprint density at radius 3 is 1.52 bits per heavy atom. The first-order chi connectivity index (χ1) is 15.9. The number of piperidine rings is 2. The molecular formula is C29H42Cl2N2. The van der Waals surface area contributed by atoms with Crippen molar-refractivity contribution >= 4 is 23.2 Å².